The first kappa shape index (κ1) is 18.0. The fraction of sp³-hybridized carbons (Fsp3) is 0.688. The first-order valence-corrected chi connectivity index (χ1v) is 9.08. The summed E-state index contributed by atoms with van der Waals surface area (Å²) in [7, 11) is 4.03. The van der Waals surface area contributed by atoms with Crippen LogP contribution in [0.5, 0.6) is 0 Å². The van der Waals surface area contributed by atoms with Crippen LogP contribution in [0, 0.1) is 12.8 Å². The maximum atomic E-state index is 12.5. The smallest absolute Gasteiger partial charge is 0.257 e. The summed E-state index contributed by atoms with van der Waals surface area (Å²) >= 11 is 1.50. The van der Waals surface area contributed by atoms with E-state index in [1.807, 2.05) is 27.9 Å². The van der Waals surface area contributed by atoms with Crippen molar-refractivity contribution in [3.63, 3.8) is 0 Å². The van der Waals surface area contributed by atoms with E-state index in [9.17, 15) is 9.59 Å². The molecule has 2 heterocycles. The Morgan fingerprint density at radius 1 is 1.48 bits per heavy atom. The van der Waals surface area contributed by atoms with E-state index in [4.69, 9.17) is 0 Å². The summed E-state index contributed by atoms with van der Waals surface area (Å²) in [5, 5.41) is 3.72. The number of aryl methyl sites for hydroxylation is 1. The lowest BCUT2D eigenvalue weighted by Crippen LogP contribution is -2.41. The van der Waals surface area contributed by atoms with E-state index < -0.39 is 0 Å². The van der Waals surface area contributed by atoms with Gasteiger partial charge < -0.3 is 10.2 Å². The lowest BCUT2D eigenvalue weighted by molar-refractivity contribution is -0.124. The van der Waals surface area contributed by atoms with Crippen molar-refractivity contribution in [1.82, 2.24) is 19.8 Å². The molecule has 0 bridgehead atoms. The predicted molar refractivity (Wildman–Crippen MR) is 93.0 cm³/mol. The van der Waals surface area contributed by atoms with Crippen LogP contribution in [0.25, 0.3) is 0 Å². The van der Waals surface area contributed by atoms with Crippen molar-refractivity contribution < 1.29 is 4.79 Å². The summed E-state index contributed by atoms with van der Waals surface area (Å²) in [6.45, 7) is 5.90. The van der Waals surface area contributed by atoms with E-state index in [0.29, 0.717) is 25.3 Å². The second-order valence-electron chi connectivity index (χ2n) is 6.18. The minimum atomic E-state index is -0.168. The molecular weight excluding hydrogens is 312 g/mol. The van der Waals surface area contributed by atoms with Crippen molar-refractivity contribution >= 4 is 17.7 Å². The van der Waals surface area contributed by atoms with Crippen LogP contribution in [0.15, 0.2) is 9.95 Å². The third-order valence-corrected chi connectivity index (χ3v) is 5.20. The number of hydrogen-bond donors (Lipinski definition) is 1. The number of carbonyl (C=O) groups excluding carboxylic acids is 1. The van der Waals surface area contributed by atoms with Gasteiger partial charge in [0.2, 0.25) is 5.91 Å². The Bertz CT molecular complexity index is 627. The summed E-state index contributed by atoms with van der Waals surface area (Å²) in [6, 6.07) is 0. The molecule has 0 spiro atoms. The van der Waals surface area contributed by atoms with Crippen molar-refractivity contribution in [2.45, 2.75) is 38.4 Å². The Kier molecular flexibility index (Phi) is 6.24. The summed E-state index contributed by atoms with van der Waals surface area (Å²) < 4.78 is 1.67. The molecule has 1 amide bonds. The van der Waals surface area contributed by atoms with Gasteiger partial charge in [-0.1, -0.05) is 18.7 Å². The van der Waals surface area contributed by atoms with Crippen LogP contribution in [0.2, 0.25) is 0 Å². The van der Waals surface area contributed by atoms with Crippen molar-refractivity contribution in [1.29, 1.82) is 0 Å². The second-order valence-corrected chi connectivity index (χ2v) is 7.17. The van der Waals surface area contributed by atoms with E-state index in [1.165, 1.54) is 11.8 Å². The van der Waals surface area contributed by atoms with Gasteiger partial charge in [0.15, 0.2) is 5.16 Å². The molecule has 128 valence electrons. The average Bonchev–Trinajstić information content (AvgIpc) is 2.51. The zero-order chi connectivity index (χ0) is 17.0. The summed E-state index contributed by atoms with van der Waals surface area (Å²) in [5.74, 6) is 0.544. The number of nitrogens with zero attached hydrogens (tertiary/aromatic N) is 3. The zero-order valence-electron chi connectivity index (χ0n) is 14.4. The van der Waals surface area contributed by atoms with Crippen molar-refractivity contribution in [3.05, 3.63) is 21.6 Å². The van der Waals surface area contributed by atoms with E-state index in [1.54, 1.807) is 4.57 Å². The number of amides is 1. The molecule has 1 aromatic rings. The highest BCUT2D eigenvalue weighted by molar-refractivity contribution is 7.99. The van der Waals surface area contributed by atoms with Gasteiger partial charge in [0.1, 0.15) is 0 Å². The molecule has 0 saturated carbocycles. The van der Waals surface area contributed by atoms with E-state index in [-0.39, 0.29) is 17.4 Å². The molecule has 0 fully saturated rings. The maximum Gasteiger partial charge on any atom is 0.257 e. The largest absolute Gasteiger partial charge is 0.356 e. The number of aromatic nitrogens is 2. The first-order chi connectivity index (χ1) is 10.9. The molecule has 7 heteroatoms. The lowest BCUT2D eigenvalue weighted by Gasteiger charge is -2.25. The lowest BCUT2D eigenvalue weighted by atomic mass is 10.1. The number of carbonyl (C=O) groups is 1. The molecule has 23 heavy (non-hydrogen) atoms. The van der Waals surface area contributed by atoms with Crippen LogP contribution in [0.4, 0.5) is 0 Å². The fourth-order valence-electron chi connectivity index (χ4n) is 2.71. The van der Waals surface area contributed by atoms with Crippen LogP contribution in [-0.4, -0.2) is 53.3 Å². The van der Waals surface area contributed by atoms with Crippen molar-refractivity contribution in [2.24, 2.45) is 5.92 Å². The molecule has 1 aromatic heterocycles. The third-order valence-electron chi connectivity index (χ3n) is 4.06. The summed E-state index contributed by atoms with van der Waals surface area (Å²) in [4.78, 5) is 31.5. The van der Waals surface area contributed by atoms with E-state index >= 15 is 0 Å². The third kappa shape index (κ3) is 4.35. The predicted octanol–water partition coefficient (Wildman–Crippen LogP) is 0.904. The highest BCUT2D eigenvalue weighted by Crippen LogP contribution is 2.25. The summed E-state index contributed by atoms with van der Waals surface area (Å²) in [6.07, 6.45) is 1.60. The van der Waals surface area contributed by atoms with E-state index in [2.05, 4.69) is 15.2 Å². The van der Waals surface area contributed by atoms with Gasteiger partial charge in [-0.25, -0.2) is 4.98 Å². The highest BCUT2D eigenvalue weighted by atomic mass is 32.2. The van der Waals surface area contributed by atoms with Gasteiger partial charge in [0.05, 0.1) is 5.92 Å². The van der Waals surface area contributed by atoms with Gasteiger partial charge in [-0.2, -0.15) is 0 Å². The van der Waals surface area contributed by atoms with Crippen LogP contribution in [0.1, 0.15) is 24.6 Å². The highest BCUT2D eigenvalue weighted by Gasteiger charge is 2.27. The van der Waals surface area contributed by atoms with Crippen LogP contribution >= 0.6 is 11.8 Å². The molecule has 0 aromatic carbocycles. The molecule has 0 saturated heterocycles. The molecule has 1 aliphatic rings. The number of nitrogens with one attached hydrogen (secondary N) is 1. The van der Waals surface area contributed by atoms with Crippen LogP contribution in [0.3, 0.4) is 0 Å². The molecule has 1 atom stereocenters. The van der Waals surface area contributed by atoms with Gasteiger partial charge in [-0.15, -0.1) is 0 Å². The number of thioether (sulfide) groups is 1. The number of hydrogen-bond acceptors (Lipinski definition) is 5. The minimum Gasteiger partial charge on any atom is -0.356 e. The molecule has 2 rings (SSSR count). The van der Waals surface area contributed by atoms with Gasteiger partial charge in [-0.3, -0.25) is 14.2 Å². The molecular formula is C16H26N4O2S. The Hall–Kier alpha value is -1.34. The minimum absolute atomic E-state index is 0.00704. The maximum absolute atomic E-state index is 12.5. The topological polar surface area (TPSA) is 67.2 Å². The van der Waals surface area contributed by atoms with Crippen LogP contribution < -0.4 is 10.9 Å². The van der Waals surface area contributed by atoms with E-state index in [0.717, 1.165) is 29.4 Å². The molecule has 1 N–H and O–H groups in total. The van der Waals surface area contributed by atoms with Gasteiger partial charge in [0.25, 0.3) is 5.56 Å². The average molecular weight is 338 g/mol. The van der Waals surface area contributed by atoms with Crippen molar-refractivity contribution in [3.8, 4) is 0 Å². The first-order valence-electron chi connectivity index (χ1n) is 8.09. The van der Waals surface area contributed by atoms with Gasteiger partial charge in [0, 0.05) is 30.1 Å². The molecule has 0 aliphatic carbocycles. The quantitative estimate of drug-likeness (QED) is 0.617. The second kappa shape index (κ2) is 7.97. The molecule has 6 nitrogen and oxygen atoms in total. The van der Waals surface area contributed by atoms with Gasteiger partial charge in [-0.05, 0) is 40.4 Å². The Labute approximate surface area is 141 Å². The summed E-state index contributed by atoms with van der Waals surface area (Å²) in [5.41, 5.74) is 1.57. The Balaban J connectivity index is 2.02. The molecule has 0 radical (unpaired) electrons. The molecule has 1 unspecified atom stereocenters. The SMILES string of the molecule is CCc1c(C)nc2n(c1=O)CC(C(=O)NCCCN(C)C)CS2. The van der Waals surface area contributed by atoms with Crippen LogP contribution in [-0.2, 0) is 17.8 Å². The van der Waals surface area contributed by atoms with Crippen molar-refractivity contribution in [2.75, 3.05) is 32.9 Å². The zero-order valence-corrected chi connectivity index (χ0v) is 15.2. The standard InChI is InChI=1S/C16H26N4O2S/c1-5-13-11(2)18-16-20(15(13)22)9-12(10-23-16)14(21)17-7-6-8-19(3)4/h12H,5-10H2,1-4H3,(H,17,21). The number of fused-ring (bicyclic) bond motifs is 1. The fourth-order valence-corrected chi connectivity index (χ4v) is 3.83. The molecule has 1 aliphatic heterocycles. The number of rotatable bonds is 6. The Morgan fingerprint density at radius 3 is 2.87 bits per heavy atom. The monoisotopic (exact) mass is 338 g/mol. The normalized spacial score (nSPS) is 17.2. The van der Waals surface area contributed by atoms with Gasteiger partial charge >= 0.3 is 0 Å². The Morgan fingerprint density at radius 2 is 2.22 bits per heavy atom.